The van der Waals surface area contributed by atoms with Crippen molar-refractivity contribution < 1.29 is 29.4 Å². The summed E-state index contributed by atoms with van der Waals surface area (Å²) >= 11 is 6.29. The number of carboxylic acid groups (broad SMARTS) is 1. The van der Waals surface area contributed by atoms with E-state index in [2.05, 4.69) is 16.0 Å². The Balaban J connectivity index is 1.35. The lowest BCUT2D eigenvalue weighted by atomic mass is 9.84. The van der Waals surface area contributed by atoms with E-state index in [1.165, 1.54) is 36.8 Å². The van der Waals surface area contributed by atoms with Gasteiger partial charge in [-0.2, -0.15) is 0 Å². The second-order valence-corrected chi connectivity index (χ2v) is 10.9. The molecule has 1 fully saturated rings. The van der Waals surface area contributed by atoms with E-state index >= 15 is 0 Å². The summed E-state index contributed by atoms with van der Waals surface area (Å²) in [5.41, 5.74) is 0.889. The number of hydrogen-bond donors (Lipinski definition) is 5. The van der Waals surface area contributed by atoms with Crippen LogP contribution in [-0.4, -0.2) is 51.1 Å². The Morgan fingerprint density at radius 1 is 0.929 bits per heavy atom. The molecule has 2 aromatic carbocycles. The highest BCUT2D eigenvalue weighted by atomic mass is 35.5. The minimum Gasteiger partial charge on any atom is -0.508 e. The maximum atomic E-state index is 13.2. The van der Waals surface area contributed by atoms with Crippen molar-refractivity contribution in [1.29, 1.82) is 0 Å². The van der Waals surface area contributed by atoms with E-state index in [1.807, 2.05) is 29.1 Å². The number of benzene rings is 2. The lowest BCUT2D eigenvalue weighted by molar-refractivity contribution is -0.139. The summed E-state index contributed by atoms with van der Waals surface area (Å²) in [6, 6.07) is 12.3. The van der Waals surface area contributed by atoms with E-state index in [0.717, 1.165) is 25.7 Å². The molecule has 10 nitrogen and oxygen atoms in total. The molecule has 0 saturated heterocycles. The number of carboxylic acids is 1. The van der Waals surface area contributed by atoms with Gasteiger partial charge in [0.1, 0.15) is 17.8 Å². The van der Waals surface area contributed by atoms with Crippen LogP contribution < -0.4 is 16.0 Å². The number of carbonyl (C=O) groups excluding carboxylic acids is 3. The minimum absolute atomic E-state index is 0.0127. The summed E-state index contributed by atoms with van der Waals surface area (Å²) in [4.78, 5) is 50.7. The number of aromatic nitrogens is 1. The van der Waals surface area contributed by atoms with Gasteiger partial charge in [0, 0.05) is 31.0 Å². The third-order valence-corrected chi connectivity index (χ3v) is 7.81. The molecule has 11 heteroatoms. The van der Waals surface area contributed by atoms with Crippen LogP contribution in [0.25, 0.3) is 0 Å². The van der Waals surface area contributed by atoms with E-state index in [4.69, 9.17) is 11.6 Å². The predicted octanol–water partition coefficient (Wildman–Crippen LogP) is 4.29. The van der Waals surface area contributed by atoms with Crippen LogP contribution in [0.5, 0.6) is 5.75 Å². The molecule has 0 spiro atoms. The van der Waals surface area contributed by atoms with Crippen molar-refractivity contribution in [2.45, 2.75) is 57.2 Å². The quantitative estimate of drug-likeness (QED) is 0.211. The summed E-state index contributed by atoms with van der Waals surface area (Å²) in [6.07, 6.45) is 9.93. The molecule has 0 bridgehead atoms. The number of aliphatic carboxylic acids is 1. The Labute approximate surface area is 249 Å². The van der Waals surface area contributed by atoms with Crippen LogP contribution >= 0.6 is 11.6 Å². The molecule has 222 valence electrons. The molecule has 1 aliphatic carbocycles. The predicted molar refractivity (Wildman–Crippen MR) is 157 cm³/mol. The van der Waals surface area contributed by atoms with Crippen molar-refractivity contribution in [1.82, 2.24) is 20.5 Å². The third-order valence-electron chi connectivity index (χ3n) is 7.49. The Morgan fingerprint density at radius 3 is 2.33 bits per heavy atom. The fourth-order valence-corrected chi connectivity index (χ4v) is 5.47. The molecule has 3 amide bonds. The fourth-order valence-electron chi connectivity index (χ4n) is 5.21. The first-order chi connectivity index (χ1) is 20.2. The van der Waals surface area contributed by atoms with E-state index in [-0.39, 0.29) is 40.9 Å². The molecule has 3 aromatic rings. The molecule has 1 heterocycles. The van der Waals surface area contributed by atoms with Crippen LogP contribution in [0.15, 0.2) is 67.0 Å². The van der Waals surface area contributed by atoms with Gasteiger partial charge in [-0.25, -0.2) is 4.79 Å². The van der Waals surface area contributed by atoms with Crippen LogP contribution in [0.2, 0.25) is 5.02 Å². The van der Waals surface area contributed by atoms with E-state index in [0.29, 0.717) is 17.9 Å². The first-order valence-corrected chi connectivity index (χ1v) is 14.4. The first kappa shape index (κ1) is 30.6. The summed E-state index contributed by atoms with van der Waals surface area (Å²) in [5.74, 6) is -2.31. The van der Waals surface area contributed by atoms with Crippen LogP contribution in [0, 0.1) is 5.92 Å². The number of halogens is 1. The minimum atomic E-state index is -1.40. The second-order valence-electron chi connectivity index (χ2n) is 10.5. The zero-order chi connectivity index (χ0) is 30.1. The van der Waals surface area contributed by atoms with Crippen molar-refractivity contribution in [2.75, 3.05) is 6.54 Å². The number of phenols is 1. The molecule has 1 aliphatic rings. The van der Waals surface area contributed by atoms with Gasteiger partial charge in [-0.05, 0) is 60.4 Å². The summed E-state index contributed by atoms with van der Waals surface area (Å²) < 4.78 is 1.83. The normalized spacial score (nSPS) is 14.9. The number of phenolic OH excluding ortho intramolecular Hbond substituents is 1. The zero-order valence-electron chi connectivity index (χ0n) is 23.1. The van der Waals surface area contributed by atoms with Gasteiger partial charge in [-0.1, -0.05) is 55.8 Å². The molecule has 0 unspecified atom stereocenters. The maximum absolute atomic E-state index is 13.2. The SMILES string of the molecule is O=C(NCc1cccc(O)c1)c1ccc(C(=O)N[C@@H](CNC(=O)[C@H](CC2CCCCC2)n2cccc2)C(=O)O)c(Cl)c1. The van der Waals surface area contributed by atoms with Crippen LogP contribution in [0.3, 0.4) is 0 Å². The van der Waals surface area contributed by atoms with Gasteiger partial charge in [0.15, 0.2) is 0 Å². The van der Waals surface area contributed by atoms with Gasteiger partial charge in [-0.3, -0.25) is 14.4 Å². The summed E-state index contributed by atoms with van der Waals surface area (Å²) in [6.45, 7) is -0.138. The Bertz CT molecular complexity index is 1400. The molecule has 1 aromatic heterocycles. The van der Waals surface area contributed by atoms with E-state index in [1.54, 1.807) is 12.1 Å². The molecule has 0 radical (unpaired) electrons. The summed E-state index contributed by atoms with van der Waals surface area (Å²) in [7, 11) is 0. The van der Waals surface area contributed by atoms with Crippen molar-refractivity contribution in [3.05, 3.63) is 88.7 Å². The lowest BCUT2D eigenvalue weighted by Crippen LogP contribution is -2.49. The average Bonchev–Trinajstić information content (AvgIpc) is 3.51. The van der Waals surface area contributed by atoms with Gasteiger partial charge in [0.25, 0.3) is 11.8 Å². The Morgan fingerprint density at radius 2 is 1.67 bits per heavy atom. The third kappa shape index (κ3) is 8.36. The Hall–Kier alpha value is -4.31. The van der Waals surface area contributed by atoms with Crippen LogP contribution in [0.1, 0.15) is 70.8 Å². The topological polar surface area (TPSA) is 150 Å². The molecular weight excluding hydrogens is 560 g/mol. The Kier molecular flexibility index (Phi) is 10.6. The zero-order valence-corrected chi connectivity index (χ0v) is 23.8. The lowest BCUT2D eigenvalue weighted by Gasteiger charge is -2.27. The first-order valence-electron chi connectivity index (χ1n) is 14.0. The fraction of sp³-hybridized carbons (Fsp3) is 0.355. The molecule has 1 saturated carbocycles. The molecule has 42 heavy (non-hydrogen) atoms. The molecule has 5 N–H and O–H groups in total. The number of rotatable bonds is 12. The number of nitrogens with one attached hydrogen (secondary N) is 3. The van der Waals surface area contributed by atoms with Gasteiger partial charge < -0.3 is 30.7 Å². The largest absolute Gasteiger partial charge is 0.508 e. The second kappa shape index (κ2) is 14.5. The van der Waals surface area contributed by atoms with Gasteiger partial charge >= 0.3 is 5.97 Å². The van der Waals surface area contributed by atoms with Crippen molar-refractivity contribution >= 4 is 35.3 Å². The number of carbonyl (C=O) groups is 4. The van der Waals surface area contributed by atoms with Crippen molar-refractivity contribution in [2.24, 2.45) is 5.92 Å². The average molecular weight is 595 g/mol. The van der Waals surface area contributed by atoms with E-state index in [9.17, 15) is 29.4 Å². The van der Waals surface area contributed by atoms with E-state index < -0.39 is 29.9 Å². The molecule has 0 aliphatic heterocycles. The highest BCUT2D eigenvalue weighted by Gasteiger charge is 2.28. The highest BCUT2D eigenvalue weighted by molar-refractivity contribution is 6.34. The number of nitrogens with zero attached hydrogens (tertiary/aromatic N) is 1. The van der Waals surface area contributed by atoms with Gasteiger partial charge in [0.2, 0.25) is 5.91 Å². The van der Waals surface area contributed by atoms with Crippen molar-refractivity contribution in [3.8, 4) is 5.75 Å². The van der Waals surface area contributed by atoms with Gasteiger partial charge in [0.05, 0.1) is 10.6 Å². The monoisotopic (exact) mass is 594 g/mol. The molecule has 2 atom stereocenters. The number of aromatic hydroxyl groups is 1. The standard InChI is InChI=1S/C31H35ClN4O6/c32-25-17-22(28(38)33-18-21-9-6-10-23(37)15-21)11-12-24(25)29(39)35-26(31(41)42)19-34-30(40)27(36-13-4-5-14-36)16-20-7-2-1-3-8-20/h4-6,9-15,17,20,26-27,37H,1-3,7-8,16,18-19H2,(H,33,38)(H,34,40)(H,35,39)(H,41,42)/t26-,27-/m0/s1. The summed E-state index contributed by atoms with van der Waals surface area (Å²) in [5, 5.41) is 27.1. The van der Waals surface area contributed by atoms with Crippen LogP contribution in [-0.2, 0) is 16.1 Å². The maximum Gasteiger partial charge on any atom is 0.328 e. The number of hydrogen-bond acceptors (Lipinski definition) is 5. The molecule has 4 rings (SSSR count). The highest BCUT2D eigenvalue weighted by Crippen LogP contribution is 2.31. The molecular formula is C31H35ClN4O6. The number of amides is 3. The van der Waals surface area contributed by atoms with Crippen molar-refractivity contribution in [3.63, 3.8) is 0 Å². The van der Waals surface area contributed by atoms with Crippen LogP contribution in [0.4, 0.5) is 0 Å². The van der Waals surface area contributed by atoms with Gasteiger partial charge in [-0.15, -0.1) is 0 Å². The smallest absolute Gasteiger partial charge is 0.328 e.